The van der Waals surface area contributed by atoms with Crippen LogP contribution in [0.4, 0.5) is 0 Å². The summed E-state index contributed by atoms with van der Waals surface area (Å²) in [6.45, 7) is 1.87. The van der Waals surface area contributed by atoms with Crippen molar-refractivity contribution < 1.29 is 0 Å². The van der Waals surface area contributed by atoms with E-state index in [-0.39, 0.29) is 0 Å². The predicted molar refractivity (Wildman–Crippen MR) is 63.6 cm³/mol. The van der Waals surface area contributed by atoms with Crippen LogP contribution in [-0.2, 0) is 6.42 Å². The van der Waals surface area contributed by atoms with Gasteiger partial charge < -0.3 is 0 Å². The zero-order chi connectivity index (χ0) is 9.68. The van der Waals surface area contributed by atoms with E-state index in [9.17, 15) is 0 Å². The first-order chi connectivity index (χ1) is 6.24. The first-order valence-corrected chi connectivity index (χ1v) is 5.66. The third-order valence-electron chi connectivity index (χ3n) is 1.70. The van der Waals surface area contributed by atoms with Gasteiger partial charge in [0.05, 0.1) is 0 Å². The lowest BCUT2D eigenvalue weighted by atomic mass is 10.1. The molecule has 0 radical (unpaired) electrons. The second-order valence-electron chi connectivity index (χ2n) is 2.66. The summed E-state index contributed by atoms with van der Waals surface area (Å²) in [7, 11) is 0. The Labute approximate surface area is 96.0 Å². The SMILES string of the molecule is CC#CCCc1cc(Br)ccc1Br. The van der Waals surface area contributed by atoms with Crippen LogP contribution in [0.1, 0.15) is 18.9 Å². The number of benzene rings is 1. The Morgan fingerprint density at radius 1 is 1.31 bits per heavy atom. The monoisotopic (exact) mass is 300 g/mol. The van der Waals surface area contributed by atoms with E-state index in [1.807, 2.05) is 13.0 Å². The molecule has 1 aromatic carbocycles. The van der Waals surface area contributed by atoms with Gasteiger partial charge in [-0.2, -0.15) is 0 Å². The molecule has 0 amide bonds. The first kappa shape index (κ1) is 10.8. The maximum atomic E-state index is 3.51. The standard InChI is InChI=1S/C11H10Br2/c1-2-3-4-5-9-8-10(12)6-7-11(9)13/h6-8H,4-5H2,1H3. The summed E-state index contributed by atoms with van der Waals surface area (Å²) in [6.07, 6.45) is 1.92. The summed E-state index contributed by atoms with van der Waals surface area (Å²) in [5, 5.41) is 0. The molecule has 1 rings (SSSR count). The van der Waals surface area contributed by atoms with Crippen molar-refractivity contribution in [1.82, 2.24) is 0 Å². The average Bonchev–Trinajstić information content (AvgIpc) is 2.11. The van der Waals surface area contributed by atoms with Crippen molar-refractivity contribution in [3.8, 4) is 11.8 Å². The van der Waals surface area contributed by atoms with E-state index in [4.69, 9.17) is 0 Å². The van der Waals surface area contributed by atoms with Crippen LogP contribution in [0.2, 0.25) is 0 Å². The van der Waals surface area contributed by atoms with E-state index in [2.05, 4.69) is 55.8 Å². The molecule has 0 N–H and O–H groups in total. The van der Waals surface area contributed by atoms with Gasteiger partial charge in [0, 0.05) is 15.4 Å². The van der Waals surface area contributed by atoms with E-state index in [1.165, 1.54) is 5.56 Å². The van der Waals surface area contributed by atoms with Crippen LogP contribution in [0.5, 0.6) is 0 Å². The molecule has 1 aromatic rings. The second kappa shape index (κ2) is 5.47. The van der Waals surface area contributed by atoms with Gasteiger partial charge in [0.1, 0.15) is 0 Å². The molecular weight excluding hydrogens is 292 g/mol. The van der Waals surface area contributed by atoms with Gasteiger partial charge in [-0.05, 0) is 37.1 Å². The Morgan fingerprint density at radius 2 is 2.08 bits per heavy atom. The molecule has 0 fully saturated rings. The topological polar surface area (TPSA) is 0 Å². The smallest absolute Gasteiger partial charge is 0.0208 e. The average molecular weight is 302 g/mol. The minimum atomic E-state index is 0.922. The number of hydrogen-bond acceptors (Lipinski definition) is 0. The molecule has 0 aromatic heterocycles. The molecule has 0 aliphatic carbocycles. The zero-order valence-electron chi connectivity index (χ0n) is 7.40. The Balaban J connectivity index is 2.73. The number of hydrogen-bond donors (Lipinski definition) is 0. The highest BCUT2D eigenvalue weighted by molar-refractivity contribution is 9.11. The van der Waals surface area contributed by atoms with Crippen LogP contribution in [0.3, 0.4) is 0 Å². The fourth-order valence-electron chi connectivity index (χ4n) is 1.06. The summed E-state index contributed by atoms with van der Waals surface area (Å²) >= 11 is 6.96. The van der Waals surface area contributed by atoms with Crippen molar-refractivity contribution in [2.75, 3.05) is 0 Å². The van der Waals surface area contributed by atoms with Crippen molar-refractivity contribution >= 4 is 31.9 Å². The number of halogens is 2. The fraction of sp³-hybridized carbons (Fsp3) is 0.273. The normalized spacial score (nSPS) is 9.15. The fourth-order valence-corrected chi connectivity index (χ4v) is 1.91. The Morgan fingerprint density at radius 3 is 2.77 bits per heavy atom. The lowest BCUT2D eigenvalue weighted by Crippen LogP contribution is -1.85. The van der Waals surface area contributed by atoms with Crippen LogP contribution in [0.25, 0.3) is 0 Å². The van der Waals surface area contributed by atoms with Gasteiger partial charge in [0.2, 0.25) is 0 Å². The summed E-state index contributed by atoms with van der Waals surface area (Å²) in [5.74, 6) is 5.95. The van der Waals surface area contributed by atoms with Crippen LogP contribution in [0.15, 0.2) is 27.1 Å². The van der Waals surface area contributed by atoms with Gasteiger partial charge in [-0.3, -0.25) is 0 Å². The van der Waals surface area contributed by atoms with Crippen molar-refractivity contribution in [3.05, 3.63) is 32.7 Å². The molecule has 13 heavy (non-hydrogen) atoms. The molecule has 68 valence electrons. The molecule has 0 spiro atoms. The Hall–Kier alpha value is -0.260. The quantitative estimate of drug-likeness (QED) is 0.719. The van der Waals surface area contributed by atoms with E-state index in [0.29, 0.717) is 0 Å². The van der Waals surface area contributed by atoms with E-state index in [0.717, 1.165) is 21.8 Å². The second-order valence-corrected chi connectivity index (χ2v) is 4.43. The summed E-state index contributed by atoms with van der Waals surface area (Å²) in [6, 6.07) is 6.21. The molecule has 2 heteroatoms. The van der Waals surface area contributed by atoms with Gasteiger partial charge in [-0.1, -0.05) is 31.9 Å². The largest absolute Gasteiger partial charge is 0.107 e. The molecule has 0 saturated heterocycles. The minimum absolute atomic E-state index is 0.922. The van der Waals surface area contributed by atoms with Crippen LogP contribution >= 0.6 is 31.9 Å². The summed E-state index contributed by atoms with van der Waals surface area (Å²) < 4.78 is 2.28. The summed E-state index contributed by atoms with van der Waals surface area (Å²) in [5.41, 5.74) is 1.30. The molecule has 0 nitrogen and oxygen atoms in total. The predicted octanol–water partition coefficient (Wildman–Crippen LogP) is 4.17. The van der Waals surface area contributed by atoms with E-state index < -0.39 is 0 Å². The molecule has 0 saturated carbocycles. The highest BCUT2D eigenvalue weighted by Gasteiger charge is 1.98. The summed E-state index contributed by atoms with van der Waals surface area (Å²) in [4.78, 5) is 0. The first-order valence-electron chi connectivity index (χ1n) is 4.07. The lowest BCUT2D eigenvalue weighted by Gasteiger charge is -2.01. The van der Waals surface area contributed by atoms with Crippen LogP contribution in [-0.4, -0.2) is 0 Å². The van der Waals surface area contributed by atoms with Crippen molar-refractivity contribution in [3.63, 3.8) is 0 Å². The van der Waals surface area contributed by atoms with E-state index in [1.54, 1.807) is 0 Å². The van der Waals surface area contributed by atoms with Gasteiger partial charge in [-0.15, -0.1) is 11.8 Å². The molecule has 0 aliphatic heterocycles. The van der Waals surface area contributed by atoms with Crippen molar-refractivity contribution in [1.29, 1.82) is 0 Å². The molecule has 0 unspecified atom stereocenters. The minimum Gasteiger partial charge on any atom is -0.107 e. The maximum absolute atomic E-state index is 3.51. The number of rotatable bonds is 2. The third-order valence-corrected chi connectivity index (χ3v) is 2.97. The van der Waals surface area contributed by atoms with Gasteiger partial charge in [0.25, 0.3) is 0 Å². The molecular formula is C11H10Br2. The van der Waals surface area contributed by atoms with Crippen molar-refractivity contribution in [2.24, 2.45) is 0 Å². The van der Waals surface area contributed by atoms with Gasteiger partial charge in [0.15, 0.2) is 0 Å². The Bertz CT molecular complexity index is 345. The highest BCUT2D eigenvalue weighted by atomic mass is 79.9. The van der Waals surface area contributed by atoms with Gasteiger partial charge in [-0.25, -0.2) is 0 Å². The molecule has 0 bridgehead atoms. The lowest BCUT2D eigenvalue weighted by molar-refractivity contribution is 1.02. The van der Waals surface area contributed by atoms with Crippen LogP contribution < -0.4 is 0 Å². The van der Waals surface area contributed by atoms with Crippen LogP contribution in [0, 0.1) is 11.8 Å². The third kappa shape index (κ3) is 3.54. The molecule has 0 atom stereocenters. The zero-order valence-corrected chi connectivity index (χ0v) is 10.6. The maximum Gasteiger partial charge on any atom is 0.0208 e. The molecule has 0 heterocycles. The molecule has 0 aliphatic rings. The number of aryl methyl sites for hydroxylation is 1. The van der Waals surface area contributed by atoms with Crippen molar-refractivity contribution in [2.45, 2.75) is 19.8 Å². The Kier molecular flexibility index (Phi) is 4.55. The van der Waals surface area contributed by atoms with E-state index >= 15 is 0 Å². The highest BCUT2D eigenvalue weighted by Crippen LogP contribution is 2.22. The van der Waals surface area contributed by atoms with Gasteiger partial charge >= 0.3 is 0 Å².